The van der Waals surface area contributed by atoms with Gasteiger partial charge in [-0.25, -0.2) is 0 Å². The second-order valence-electron chi connectivity index (χ2n) is 5.73. The third kappa shape index (κ3) is 6.80. The minimum Gasteiger partial charge on any atom is -0.376 e. The minimum absolute atomic E-state index is 0.167. The number of rotatable bonds is 8. The van der Waals surface area contributed by atoms with Crippen LogP contribution in [0.5, 0.6) is 0 Å². The van der Waals surface area contributed by atoms with Crippen molar-refractivity contribution in [3.63, 3.8) is 0 Å². The molecule has 0 bridgehead atoms. The number of hydrogen-bond donors (Lipinski definition) is 3. The summed E-state index contributed by atoms with van der Waals surface area (Å²) in [7, 11) is 0. The first-order valence-electron chi connectivity index (χ1n) is 8.21. The molecule has 2 fully saturated rings. The van der Waals surface area contributed by atoms with Crippen LogP contribution < -0.4 is 16.0 Å². The lowest BCUT2D eigenvalue weighted by atomic mass is 10.2. The lowest BCUT2D eigenvalue weighted by Crippen LogP contribution is -2.38. The molecule has 6 heteroatoms. The van der Waals surface area contributed by atoms with E-state index in [9.17, 15) is 4.79 Å². The van der Waals surface area contributed by atoms with Crippen LogP contribution in [0.3, 0.4) is 0 Å². The molecule has 1 aliphatic heterocycles. The molecule has 0 spiro atoms. The van der Waals surface area contributed by atoms with Gasteiger partial charge in [-0.2, -0.15) is 0 Å². The predicted octanol–water partition coefficient (Wildman–Crippen LogP) is 0.779. The molecular weight excluding hydrogens is 268 g/mol. The first kappa shape index (κ1) is 16.1. The van der Waals surface area contributed by atoms with Crippen molar-refractivity contribution >= 4 is 11.9 Å². The first-order valence-corrected chi connectivity index (χ1v) is 8.21. The van der Waals surface area contributed by atoms with E-state index in [1.54, 1.807) is 0 Å². The van der Waals surface area contributed by atoms with E-state index in [1.807, 2.05) is 6.92 Å². The van der Waals surface area contributed by atoms with E-state index in [0.717, 1.165) is 57.8 Å². The highest BCUT2D eigenvalue weighted by atomic mass is 16.5. The number of aliphatic imine (C=N–C) groups is 1. The van der Waals surface area contributed by atoms with Gasteiger partial charge in [0, 0.05) is 32.2 Å². The van der Waals surface area contributed by atoms with Crippen LogP contribution in [0.4, 0.5) is 0 Å². The smallest absolute Gasteiger partial charge is 0.220 e. The van der Waals surface area contributed by atoms with E-state index in [-0.39, 0.29) is 12.0 Å². The summed E-state index contributed by atoms with van der Waals surface area (Å²) in [6, 6.07) is 0.454. The molecule has 0 aromatic rings. The lowest BCUT2D eigenvalue weighted by molar-refractivity contribution is -0.121. The Hall–Kier alpha value is -1.30. The first-order chi connectivity index (χ1) is 10.3. The van der Waals surface area contributed by atoms with Crippen LogP contribution in [-0.4, -0.2) is 50.3 Å². The number of amides is 1. The van der Waals surface area contributed by atoms with Crippen molar-refractivity contribution in [3.8, 4) is 0 Å². The highest BCUT2D eigenvalue weighted by molar-refractivity contribution is 5.80. The fourth-order valence-electron chi connectivity index (χ4n) is 2.31. The number of guanidine groups is 1. The fourth-order valence-corrected chi connectivity index (χ4v) is 2.31. The number of nitrogens with zero attached hydrogens (tertiary/aromatic N) is 1. The summed E-state index contributed by atoms with van der Waals surface area (Å²) in [6.07, 6.45) is 6.20. The Labute approximate surface area is 127 Å². The Balaban J connectivity index is 1.59. The molecule has 1 aliphatic carbocycles. The van der Waals surface area contributed by atoms with Crippen LogP contribution in [0.1, 0.15) is 45.4 Å². The second kappa shape index (κ2) is 8.87. The van der Waals surface area contributed by atoms with Gasteiger partial charge in [0.1, 0.15) is 0 Å². The number of carbonyl (C=O) groups is 1. The van der Waals surface area contributed by atoms with E-state index in [1.165, 1.54) is 0 Å². The molecule has 2 rings (SSSR count). The van der Waals surface area contributed by atoms with Crippen molar-refractivity contribution in [2.24, 2.45) is 4.99 Å². The van der Waals surface area contributed by atoms with E-state index in [0.29, 0.717) is 19.0 Å². The average molecular weight is 296 g/mol. The quantitative estimate of drug-likeness (QED) is 0.351. The SMILES string of the molecule is CCNC(=NCC1CCCO1)NCCCC(=O)NC1CC1. The number of ether oxygens (including phenoxy) is 1. The summed E-state index contributed by atoms with van der Waals surface area (Å²) in [6.45, 7) is 5.21. The van der Waals surface area contributed by atoms with Gasteiger partial charge < -0.3 is 20.7 Å². The van der Waals surface area contributed by atoms with Crippen molar-refractivity contribution in [1.29, 1.82) is 0 Å². The van der Waals surface area contributed by atoms with Gasteiger partial charge in [-0.15, -0.1) is 0 Å². The van der Waals surface area contributed by atoms with Crippen LogP contribution in [-0.2, 0) is 9.53 Å². The zero-order valence-electron chi connectivity index (χ0n) is 13.0. The monoisotopic (exact) mass is 296 g/mol. The number of carbonyl (C=O) groups excluding carboxylic acids is 1. The summed E-state index contributed by atoms with van der Waals surface area (Å²) in [4.78, 5) is 16.1. The van der Waals surface area contributed by atoms with Crippen LogP contribution >= 0.6 is 0 Å². The van der Waals surface area contributed by atoms with Gasteiger partial charge in [-0.3, -0.25) is 9.79 Å². The summed E-state index contributed by atoms with van der Waals surface area (Å²) < 4.78 is 5.57. The average Bonchev–Trinajstić information content (AvgIpc) is 3.12. The van der Waals surface area contributed by atoms with Crippen LogP contribution in [0, 0.1) is 0 Å². The van der Waals surface area contributed by atoms with Crippen LogP contribution in [0.15, 0.2) is 4.99 Å². The topological polar surface area (TPSA) is 74.8 Å². The fraction of sp³-hybridized carbons (Fsp3) is 0.867. The summed E-state index contributed by atoms with van der Waals surface area (Å²) in [5.74, 6) is 0.983. The molecular formula is C15H28N4O2. The summed E-state index contributed by atoms with van der Waals surface area (Å²) in [5.41, 5.74) is 0. The molecule has 1 saturated heterocycles. The summed E-state index contributed by atoms with van der Waals surface area (Å²) >= 11 is 0. The highest BCUT2D eigenvalue weighted by Gasteiger charge is 2.22. The Morgan fingerprint density at radius 2 is 2.14 bits per heavy atom. The molecule has 3 N–H and O–H groups in total. The number of nitrogens with one attached hydrogen (secondary N) is 3. The van der Waals surface area contributed by atoms with Gasteiger partial charge in [0.15, 0.2) is 5.96 Å². The van der Waals surface area contributed by atoms with Crippen LogP contribution in [0.25, 0.3) is 0 Å². The van der Waals surface area contributed by atoms with Crippen molar-refractivity contribution in [2.75, 3.05) is 26.2 Å². The lowest BCUT2D eigenvalue weighted by Gasteiger charge is -2.12. The van der Waals surface area contributed by atoms with Crippen molar-refractivity contribution in [2.45, 2.75) is 57.6 Å². The largest absolute Gasteiger partial charge is 0.376 e. The van der Waals surface area contributed by atoms with E-state index in [2.05, 4.69) is 20.9 Å². The minimum atomic E-state index is 0.167. The zero-order valence-corrected chi connectivity index (χ0v) is 13.0. The third-order valence-corrected chi connectivity index (χ3v) is 3.64. The molecule has 1 amide bonds. The highest BCUT2D eigenvalue weighted by Crippen LogP contribution is 2.18. The Morgan fingerprint density at radius 1 is 1.29 bits per heavy atom. The van der Waals surface area contributed by atoms with E-state index in [4.69, 9.17) is 4.74 Å². The van der Waals surface area contributed by atoms with E-state index < -0.39 is 0 Å². The molecule has 1 heterocycles. The van der Waals surface area contributed by atoms with Gasteiger partial charge in [0.25, 0.3) is 0 Å². The van der Waals surface area contributed by atoms with Crippen molar-refractivity contribution in [3.05, 3.63) is 0 Å². The molecule has 120 valence electrons. The molecule has 1 atom stereocenters. The van der Waals surface area contributed by atoms with Gasteiger partial charge >= 0.3 is 0 Å². The van der Waals surface area contributed by atoms with Crippen molar-refractivity contribution < 1.29 is 9.53 Å². The van der Waals surface area contributed by atoms with E-state index >= 15 is 0 Å². The number of hydrogen-bond acceptors (Lipinski definition) is 3. The molecule has 0 radical (unpaired) electrons. The molecule has 1 unspecified atom stereocenters. The Kier molecular flexibility index (Phi) is 6.79. The Morgan fingerprint density at radius 3 is 2.81 bits per heavy atom. The standard InChI is InChI=1S/C15H28N4O2/c1-2-16-15(18-11-13-5-4-10-21-13)17-9-3-6-14(20)19-12-7-8-12/h12-13H,2-11H2,1H3,(H,19,20)(H2,16,17,18). The normalized spacial score (nSPS) is 22.1. The summed E-state index contributed by atoms with van der Waals surface area (Å²) in [5, 5.41) is 9.49. The van der Waals surface area contributed by atoms with Gasteiger partial charge in [0.2, 0.25) is 5.91 Å². The predicted molar refractivity (Wildman–Crippen MR) is 83.4 cm³/mol. The second-order valence-corrected chi connectivity index (χ2v) is 5.73. The molecule has 0 aromatic heterocycles. The third-order valence-electron chi connectivity index (χ3n) is 3.64. The maximum atomic E-state index is 11.6. The molecule has 1 saturated carbocycles. The zero-order chi connectivity index (χ0) is 14.9. The van der Waals surface area contributed by atoms with Crippen molar-refractivity contribution in [1.82, 2.24) is 16.0 Å². The van der Waals surface area contributed by atoms with Gasteiger partial charge in [-0.05, 0) is 39.0 Å². The molecule has 6 nitrogen and oxygen atoms in total. The van der Waals surface area contributed by atoms with Gasteiger partial charge in [-0.1, -0.05) is 0 Å². The molecule has 2 aliphatic rings. The maximum absolute atomic E-state index is 11.6. The van der Waals surface area contributed by atoms with Crippen LogP contribution in [0.2, 0.25) is 0 Å². The molecule has 21 heavy (non-hydrogen) atoms. The Bertz CT molecular complexity index is 350. The maximum Gasteiger partial charge on any atom is 0.220 e. The molecule has 0 aromatic carbocycles. The van der Waals surface area contributed by atoms with Gasteiger partial charge in [0.05, 0.1) is 12.6 Å².